The molecule has 0 N–H and O–H groups in total. The van der Waals surface area contributed by atoms with Crippen LogP contribution in [0.15, 0.2) is 30.9 Å². The summed E-state index contributed by atoms with van der Waals surface area (Å²) in [7, 11) is 0.542. The summed E-state index contributed by atoms with van der Waals surface area (Å²) < 4.78 is 21.9. The fraction of sp³-hybridized carbons (Fsp3) is 0.412. The third-order valence-electron chi connectivity index (χ3n) is 4.01. The van der Waals surface area contributed by atoms with E-state index in [9.17, 15) is 9.59 Å². The maximum Gasteiger partial charge on any atom is 0.409 e. The fourth-order valence-corrected chi connectivity index (χ4v) is 3.68. The van der Waals surface area contributed by atoms with Crippen LogP contribution < -0.4 is 9.47 Å². The smallest absolute Gasteiger partial charge is 0.409 e. The van der Waals surface area contributed by atoms with Gasteiger partial charge in [0.15, 0.2) is 11.5 Å². The van der Waals surface area contributed by atoms with Gasteiger partial charge in [-0.2, -0.15) is 0 Å². The van der Waals surface area contributed by atoms with Gasteiger partial charge in [0.1, 0.15) is 5.22 Å². The molecule has 0 radical (unpaired) electrons. The van der Waals surface area contributed by atoms with E-state index in [1.54, 1.807) is 24.3 Å². The van der Waals surface area contributed by atoms with Gasteiger partial charge in [-0.05, 0) is 43.4 Å². The molecule has 1 aliphatic heterocycles. The molecule has 0 spiro atoms. The minimum atomic E-state index is -1.06. The van der Waals surface area contributed by atoms with Crippen molar-refractivity contribution in [3.8, 4) is 11.5 Å². The molecule has 142 valence electrons. The van der Waals surface area contributed by atoms with Gasteiger partial charge in [0, 0.05) is 29.8 Å². The molecule has 1 saturated heterocycles. The van der Waals surface area contributed by atoms with E-state index in [4.69, 9.17) is 42.1 Å². The first kappa shape index (κ1) is 20.8. The molecular formula is C17H20Cl2O6Si. The van der Waals surface area contributed by atoms with Crippen LogP contribution in [-0.4, -0.2) is 39.2 Å². The summed E-state index contributed by atoms with van der Waals surface area (Å²) in [5.74, 6) is 0.306. The molecule has 1 aliphatic rings. The van der Waals surface area contributed by atoms with E-state index in [1.165, 1.54) is 0 Å². The second kappa shape index (κ2) is 9.41. The molecule has 2 rings (SSSR count). The second-order valence-corrected chi connectivity index (χ2v) is 8.35. The van der Waals surface area contributed by atoms with Crippen LogP contribution in [0.3, 0.4) is 0 Å². The number of hydrogen-bond donors (Lipinski definition) is 0. The Morgan fingerprint density at radius 2 is 2.08 bits per heavy atom. The number of rotatable bonds is 7. The van der Waals surface area contributed by atoms with Crippen LogP contribution in [0.1, 0.15) is 24.8 Å². The standard InChI is InChI=1S/C17H20Cl2O6Si/c1-2-5-11-6-7-12(24-15(18)20)13(10-11)23-14(25-16(19)21)17(26)8-3-4-9-22-17/h2,6-7,10,14H,1,3-5,8-9H2,26H3. The van der Waals surface area contributed by atoms with Gasteiger partial charge >= 0.3 is 10.9 Å². The Labute approximate surface area is 164 Å². The quantitative estimate of drug-likeness (QED) is 0.292. The number of benzene rings is 1. The molecule has 0 aromatic heterocycles. The summed E-state index contributed by atoms with van der Waals surface area (Å²) in [6.45, 7) is 4.24. The molecule has 0 saturated carbocycles. The molecule has 0 bridgehead atoms. The summed E-state index contributed by atoms with van der Waals surface area (Å²) in [4.78, 5) is 22.5. The molecule has 9 heteroatoms. The highest BCUT2D eigenvalue weighted by Crippen LogP contribution is 2.35. The lowest BCUT2D eigenvalue weighted by Crippen LogP contribution is -2.52. The third-order valence-corrected chi connectivity index (χ3v) is 5.44. The number of halogens is 2. The number of carbonyl (C=O) groups is 2. The normalized spacial score (nSPS) is 20.8. The van der Waals surface area contributed by atoms with Crippen molar-refractivity contribution < 1.29 is 28.5 Å². The average molecular weight is 419 g/mol. The van der Waals surface area contributed by atoms with Gasteiger partial charge in [-0.3, -0.25) is 0 Å². The Morgan fingerprint density at radius 3 is 2.65 bits per heavy atom. The number of allylic oxidation sites excluding steroid dienone is 1. The number of hydrogen-bond acceptors (Lipinski definition) is 6. The lowest BCUT2D eigenvalue weighted by molar-refractivity contribution is -0.166. The van der Waals surface area contributed by atoms with Crippen molar-refractivity contribution in [1.82, 2.24) is 0 Å². The van der Waals surface area contributed by atoms with Gasteiger partial charge in [-0.25, -0.2) is 9.59 Å². The van der Waals surface area contributed by atoms with Crippen LogP contribution in [0.5, 0.6) is 11.5 Å². The Balaban J connectivity index is 2.34. The van der Waals surface area contributed by atoms with Crippen molar-refractivity contribution in [2.24, 2.45) is 0 Å². The summed E-state index contributed by atoms with van der Waals surface area (Å²) in [5, 5.41) is -0.751. The zero-order valence-corrected chi connectivity index (χ0v) is 17.8. The minimum absolute atomic E-state index is 0.106. The van der Waals surface area contributed by atoms with Gasteiger partial charge in [0.25, 0.3) is 6.29 Å². The topological polar surface area (TPSA) is 71.1 Å². The Hall–Kier alpha value is -1.54. The van der Waals surface area contributed by atoms with Crippen LogP contribution >= 0.6 is 23.2 Å². The van der Waals surface area contributed by atoms with Gasteiger partial charge in [-0.15, -0.1) is 6.58 Å². The van der Waals surface area contributed by atoms with Crippen molar-refractivity contribution in [2.45, 2.75) is 37.2 Å². The SMILES string of the molecule is C=CCc1ccc(OC(=O)Cl)c(OC(OC(=O)Cl)C2([SiH3])CCCCO2)c1. The molecule has 1 fully saturated rings. The lowest BCUT2D eigenvalue weighted by Gasteiger charge is -2.39. The zero-order valence-electron chi connectivity index (χ0n) is 14.3. The predicted molar refractivity (Wildman–Crippen MR) is 101 cm³/mol. The van der Waals surface area contributed by atoms with Crippen molar-refractivity contribution in [3.05, 3.63) is 36.4 Å². The van der Waals surface area contributed by atoms with E-state index in [2.05, 4.69) is 6.58 Å². The summed E-state index contributed by atoms with van der Waals surface area (Å²) in [5.41, 5.74) is -1.14. The first-order chi connectivity index (χ1) is 12.3. The van der Waals surface area contributed by atoms with Crippen molar-refractivity contribution >= 4 is 44.3 Å². The first-order valence-corrected chi connectivity index (χ1v) is 9.87. The maximum absolute atomic E-state index is 11.4. The molecule has 1 aromatic carbocycles. The molecular weight excluding hydrogens is 399 g/mol. The van der Waals surface area contributed by atoms with E-state index < -0.39 is 22.4 Å². The predicted octanol–water partition coefficient (Wildman–Crippen LogP) is 3.50. The molecule has 6 nitrogen and oxygen atoms in total. The number of carbonyl (C=O) groups excluding carboxylic acids is 2. The highest BCUT2D eigenvalue weighted by Gasteiger charge is 2.41. The second-order valence-electron chi connectivity index (χ2n) is 6.04. The van der Waals surface area contributed by atoms with Gasteiger partial charge in [-0.1, -0.05) is 12.1 Å². The molecule has 1 aromatic rings. The highest BCUT2D eigenvalue weighted by atomic mass is 35.5. The third kappa shape index (κ3) is 5.74. The van der Waals surface area contributed by atoms with Crippen LogP contribution in [0, 0.1) is 0 Å². The van der Waals surface area contributed by atoms with Gasteiger partial charge in [0.05, 0.1) is 10.2 Å². The molecule has 2 unspecified atom stereocenters. The van der Waals surface area contributed by atoms with Crippen molar-refractivity contribution in [1.29, 1.82) is 0 Å². The van der Waals surface area contributed by atoms with Crippen LogP contribution in [0.2, 0.25) is 0 Å². The van der Waals surface area contributed by atoms with E-state index in [1.807, 2.05) is 0 Å². The largest absolute Gasteiger partial charge is 0.448 e. The monoisotopic (exact) mass is 418 g/mol. The summed E-state index contributed by atoms with van der Waals surface area (Å²) >= 11 is 10.7. The van der Waals surface area contributed by atoms with E-state index >= 15 is 0 Å². The lowest BCUT2D eigenvalue weighted by atomic mass is 10.1. The summed E-state index contributed by atoms with van der Waals surface area (Å²) in [6.07, 6.45) is 3.75. The molecule has 1 heterocycles. The zero-order chi connectivity index (χ0) is 19.2. The Morgan fingerprint density at radius 1 is 1.31 bits per heavy atom. The minimum Gasteiger partial charge on any atom is -0.448 e. The van der Waals surface area contributed by atoms with Crippen LogP contribution in [0.4, 0.5) is 9.59 Å². The van der Waals surface area contributed by atoms with Crippen molar-refractivity contribution in [3.63, 3.8) is 0 Å². The Bertz CT molecular complexity index is 675. The highest BCUT2D eigenvalue weighted by molar-refractivity contribution is 6.61. The van der Waals surface area contributed by atoms with Gasteiger partial charge < -0.3 is 18.9 Å². The van der Waals surface area contributed by atoms with Gasteiger partial charge in [0.2, 0.25) is 0 Å². The van der Waals surface area contributed by atoms with Crippen LogP contribution in [0.25, 0.3) is 0 Å². The van der Waals surface area contributed by atoms with E-state index in [0.717, 1.165) is 18.4 Å². The summed E-state index contributed by atoms with van der Waals surface area (Å²) in [6, 6.07) is 4.97. The maximum atomic E-state index is 11.4. The fourth-order valence-electron chi connectivity index (χ4n) is 2.72. The molecule has 0 amide bonds. The first-order valence-electron chi connectivity index (χ1n) is 8.12. The molecule has 0 aliphatic carbocycles. The Kier molecular flexibility index (Phi) is 7.51. The van der Waals surface area contributed by atoms with E-state index in [0.29, 0.717) is 29.7 Å². The number of ether oxygens (including phenoxy) is 4. The molecule has 2 atom stereocenters. The van der Waals surface area contributed by atoms with E-state index in [-0.39, 0.29) is 11.5 Å². The van der Waals surface area contributed by atoms with Crippen LogP contribution in [-0.2, 0) is 15.9 Å². The van der Waals surface area contributed by atoms with Crippen molar-refractivity contribution in [2.75, 3.05) is 6.61 Å². The average Bonchev–Trinajstić information content (AvgIpc) is 2.57. The molecule has 26 heavy (non-hydrogen) atoms.